The Morgan fingerprint density at radius 1 is 1.23 bits per heavy atom. The molecule has 3 heterocycles. The van der Waals surface area contributed by atoms with Gasteiger partial charge in [0.05, 0.1) is 6.04 Å². The SMILES string of the molecule is Cc1ccc(F)c2c1NC(C(=O)N[C@@H]1CCC[C@H](N3CCN4C(=O)NC[C@@H]4C3)C1)C2. The van der Waals surface area contributed by atoms with E-state index in [-0.39, 0.29) is 29.8 Å². The molecule has 1 aliphatic carbocycles. The fourth-order valence-corrected chi connectivity index (χ4v) is 5.62. The smallest absolute Gasteiger partial charge is 0.317 e. The maximum Gasteiger partial charge on any atom is 0.317 e. The van der Waals surface area contributed by atoms with Crippen LogP contribution in [0.2, 0.25) is 0 Å². The largest absolute Gasteiger partial charge is 0.373 e. The molecule has 1 saturated carbocycles. The van der Waals surface area contributed by atoms with Crippen LogP contribution in [0.1, 0.15) is 36.8 Å². The molecular formula is C22H30FN5O2. The van der Waals surface area contributed by atoms with Crippen LogP contribution in [0.5, 0.6) is 0 Å². The average Bonchev–Trinajstić information content (AvgIpc) is 3.36. The summed E-state index contributed by atoms with van der Waals surface area (Å²) in [6.07, 6.45) is 4.54. The van der Waals surface area contributed by atoms with Crippen LogP contribution in [0, 0.1) is 12.7 Å². The molecule has 1 unspecified atom stereocenters. The summed E-state index contributed by atoms with van der Waals surface area (Å²) in [6.45, 7) is 5.24. The first-order valence-corrected chi connectivity index (χ1v) is 11.1. The Kier molecular flexibility index (Phi) is 5.05. The highest BCUT2D eigenvalue weighted by atomic mass is 19.1. The van der Waals surface area contributed by atoms with Gasteiger partial charge in [-0.05, 0) is 44.2 Å². The molecule has 0 aromatic heterocycles. The number of fused-ring (bicyclic) bond motifs is 2. The molecule has 8 heteroatoms. The minimum atomic E-state index is -0.407. The summed E-state index contributed by atoms with van der Waals surface area (Å²) in [6, 6.07) is 3.74. The van der Waals surface area contributed by atoms with E-state index in [1.807, 2.05) is 11.8 Å². The second kappa shape index (κ2) is 7.72. The predicted octanol–water partition coefficient (Wildman–Crippen LogP) is 1.61. The quantitative estimate of drug-likeness (QED) is 0.701. The zero-order valence-corrected chi connectivity index (χ0v) is 17.4. The minimum Gasteiger partial charge on any atom is -0.373 e. The first kappa shape index (κ1) is 19.6. The molecule has 5 rings (SSSR count). The van der Waals surface area contributed by atoms with Gasteiger partial charge in [0.2, 0.25) is 5.91 Å². The van der Waals surface area contributed by atoms with Crippen LogP contribution in [-0.2, 0) is 11.2 Å². The highest BCUT2D eigenvalue weighted by Gasteiger charge is 2.39. The number of halogens is 1. The van der Waals surface area contributed by atoms with E-state index in [0.29, 0.717) is 18.0 Å². The van der Waals surface area contributed by atoms with Crippen LogP contribution in [-0.4, -0.2) is 72.1 Å². The van der Waals surface area contributed by atoms with Crippen molar-refractivity contribution >= 4 is 17.6 Å². The van der Waals surface area contributed by atoms with Gasteiger partial charge in [-0.15, -0.1) is 0 Å². The number of amides is 3. The molecule has 1 aromatic rings. The molecule has 4 aliphatic rings. The number of rotatable bonds is 3. The first-order chi connectivity index (χ1) is 14.5. The van der Waals surface area contributed by atoms with Gasteiger partial charge in [-0.25, -0.2) is 9.18 Å². The van der Waals surface area contributed by atoms with Crippen molar-refractivity contribution < 1.29 is 14.0 Å². The summed E-state index contributed by atoms with van der Waals surface area (Å²) in [7, 11) is 0. The molecule has 0 radical (unpaired) electrons. The lowest BCUT2D eigenvalue weighted by atomic mass is 9.89. The van der Waals surface area contributed by atoms with E-state index in [4.69, 9.17) is 0 Å². The molecule has 0 spiro atoms. The van der Waals surface area contributed by atoms with Crippen molar-refractivity contribution in [1.82, 2.24) is 20.4 Å². The third-order valence-corrected chi connectivity index (χ3v) is 7.28. The van der Waals surface area contributed by atoms with E-state index in [0.717, 1.165) is 63.1 Å². The highest BCUT2D eigenvalue weighted by molar-refractivity contribution is 5.88. The van der Waals surface area contributed by atoms with Crippen molar-refractivity contribution in [1.29, 1.82) is 0 Å². The van der Waals surface area contributed by atoms with Crippen LogP contribution in [0.15, 0.2) is 12.1 Å². The second-order valence-electron chi connectivity index (χ2n) is 9.17. The molecule has 3 aliphatic heterocycles. The van der Waals surface area contributed by atoms with Crippen LogP contribution < -0.4 is 16.0 Å². The van der Waals surface area contributed by atoms with Crippen molar-refractivity contribution in [2.45, 2.75) is 63.2 Å². The van der Waals surface area contributed by atoms with Crippen molar-refractivity contribution in [2.75, 3.05) is 31.5 Å². The Labute approximate surface area is 176 Å². The average molecular weight is 416 g/mol. The zero-order chi connectivity index (χ0) is 20.8. The Morgan fingerprint density at radius 2 is 2.10 bits per heavy atom. The van der Waals surface area contributed by atoms with Crippen LogP contribution in [0.25, 0.3) is 0 Å². The molecular weight excluding hydrogens is 385 g/mol. The third-order valence-electron chi connectivity index (χ3n) is 7.28. The van der Waals surface area contributed by atoms with Crippen molar-refractivity contribution in [3.63, 3.8) is 0 Å². The number of urea groups is 1. The lowest BCUT2D eigenvalue weighted by Crippen LogP contribution is -2.57. The summed E-state index contributed by atoms with van der Waals surface area (Å²) in [5, 5.41) is 9.40. The summed E-state index contributed by atoms with van der Waals surface area (Å²) < 4.78 is 14.1. The number of carbonyl (C=O) groups is 2. The number of carbonyl (C=O) groups excluding carboxylic acids is 2. The standard InChI is InChI=1S/C22H30FN5O2/c1-13-5-6-18(23)17-10-19(26-20(13)17)21(29)25-14-3-2-4-15(9-14)27-7-8-28-16(12-27)11-24-22(28)30/h5-6,14-16,19,26H,2-4,7-12H2,1H3,(H,24,30)(H,25,29)/t14-,15+,16-,19?/m1/s1. The molecule has 3 fully saturated rings. The van der Waals surface area contributed by atoms with Gasteiger partial charge in [0, 0.05) is 55.9 Å². The van der Waals surface area contributed by atoms with Gasteiger partial charge >= 0.3 is 6.03 Å². The number of anilines is 1. The number of hydrogen-bond donors (Lipinski definition) is 3. The van der Waals surface area contributed by atoms with Crippen LogP contribution in [0.3, 0.4) is 0 Å². The number of aryl methyl sites for hydroxylation is 1. The monoisotopic (exact) mass is 415 g/mol. The number of benzene rings is 1. The third kappa shape index (κ3) is 3.51. The van der Waals surface area contributed by atoms with E-state index in [1.54, 1.807) is 6.07 Å². The summed E-state index contributed by atoms with van der Waals surface area (Å²) in [5.41, 5.74) is 2.36. The fourth-order valence-electron chi connectivity index (χ4n) is 5.62. The van der Waals surface area contributed by atoms with Gasteiger partial charge in [0.25, 0.3) is 0 Å². The molecule has 1 aromatic carbocycles. The number of hydrogen-bond acceptors (Lipinski definition) is 4. The van der Waals surface area contributed by atoms with Crippen LogP contribution >= 0.6 is 0 Å². The summed E-state index contributed by atoms with van der Waals surface area (Å²) >= 11 is 0. The van der Waals surface area contributed by atoms with Gasteiger partial charge < -0.3 is 20.9 Å². The van der Waals surface area contributed by atoms with Gasteiger partial charge in [-0.3, -0.25) is 9.69 Å². The molecule has 3 N–H and O–H groups in total. The van der Waals surface area contributed by atoms with E-state index < -0.39 is 6.04 Å². The molecule has 3 amide bonds. The lowest BCUT2D eigenvalue weighted by Gasteiger charge is -2.43. The van der Waals surface area contributed by atoms with Crippen molar-refractivity contribution in [2.24, 2.45) is 0 Å². The Balaban J connectivity index is 1.17. The Hall–Kier alpha value is -2.35. The van der Waals surface area contributed by atoms with Gasteiger partial charge in [0.1, 0.15) is 11.9 Å². The van der Waals surface area contributed by atoms with E-state index in [2.05, 4.69) is 20.9 Å². The van der Waals surface area contributed by atoms with Crippen LogP contribution in [0.4, 0.5) is 14.9 Å². The van der Waals surface area contributed by atoms with Crippen molar-refractivity contribution in [3.8, 4) is 0 Å². The molecule has 7 nitrogen and oxygen atoms in total. The van der Waals surface area contributed by atoms with Gasteiger partial charge in [0.15, 0.2) is 0 Å². The van der Waals surface area contributed by atoms with E-state index >= 15 is 0 Å². The summed E-state index contributed by atoms with van der Waals surface area (Å²) in [4.78, 5) is 29.2. The summed E-state index contributed by atoms with van der Waals surface area (Å²) in [5.74, 6) is -0.277. The lowest BCUT2D eigenvalue weighted by molar-refractivity contribution is -0.122. The molecule has 30 heavy (non-hydrogen) atoms. The van der Waals surface area contributed by atoms with E-state index in [9.17, 15) is 14.0 Å². The maximum absolute atomic E-state index is 14.1. The van der Waals surface area contributed by atoms with Gasteiger partial charge in [-0.2, -0.15) is 0 Å². The predicted molar refractivity (Wildman–Crippen MR) is 112 cm³/mol. The molecule has 162 valence electrons. The van der Waals surface area contributed by atoms with E-state index in [1.165, 1.54) is 6.07 Å². The number of piperazine rings is 1. The zero-order valence-electron chi connectivity index (χ0n) is 17.4. The first-order valence-electron chi connectivity index (χ1n) is 11.1. The fraction of sp³-hybridized carbons (Fsp3) is 0.636. The normalized spacial score (nSPS) is 31.0. The molecule has 2 saturated heterocycles. The van der Waals surface area contributed by atoms with Gasteiger partial charge in [-0.1, -0.05) is 6.07 Å². The molecule has 0 bridgehead atoms. The number of nitrogens with one attached hydrogen (secondary N) is 3. The second-order valence-corrected chi connectivity index (χ2v) is 9.17. The highest BCUT2D eigenvalue weighted by Crippen LogP contribution is 2.32. The molecule has 4 atom stereocenters. The Morgan fingerprint density at radius 3 is 2.93 bits per heavy atom. The number of nitrogens with zero attached hydrogens (tertiary/aromatic N) is 2. The van der Waals surface area contributed by atoms with Crippen molar-refractivity contribution in [3.05, 3.63) is 29.1 Å². The minimum absolute atomic E-state index is 0.0361. The topological polar surface area (TPSA) is 76.7 Å². The maximum atomic E-state index is 14.1. The Bertz CT molecular complexity index is 831.